The monoisotopic (exact) mass is 309 g/mol. The van der Waals surface area contributed by atoms with Gasteiger partial charge in [0.25, 0.3) is 0 Å². The minimum Gasteiger partial charge on any atom is -0.311 e. The summed E-state index contributed by atoms with van der Waals surface area (Å²) in [5.74, 6) is 1.41. The van der Waals surface area contributed by atoms with Crippen molar-refractivity contribution in [3.8, 4) is 0 Å². The van der Waals surface area contributed by atoms with Crippen LogP contribution in [0.1, 0.15) is 49.7 Å². The van der Waals surface area contributed by atoms with Crippen LogP contribution in [0.2, 0.25) is 0 Å². The average molecular weight is 310 g/mol. The van der Waals surface area contributed by atoms with E-state index in [0.717, 1.165) is 25.6 Å². The van der Waals surface area contributed by atoms with Gasteiger partial charge in [-0.2, -0.15) is 0 Å². The maximum absolute atomic E-state index is 4.75. The van der Waals surface area contributed by atoms with Gasteiger partial charge in [-0.05, 0) is 25.7 Å². The molecular weight excluding hydrogens is 278 g/mol. The largest absolute Gasteiger partial charge is 0.311 e. The molecule has 0 saturated carbocycles. The summed E-state index contributed by atoms with van der Waals surface area (Å²) in [6, 6.07) is 1.24. The van der Waals surface area contributed by atoms with Gasteiger partial charge in [-0.1, -0.05) is 34.1 Å². The molecule has 4 heteroatoms. The third kappa shape index (κ3) is 4.05. The zero-order valence-electron chi connectivity index (χ0n) is 14.4. The predicted molar refractivity (Wildman–Crippen MR) is 91.9 cm³/mol. The highest BCUT2D eigenvalue weighted by molar-refractivity contribution is 7.11. The second-order valence-corrected chi connectivity index (χ2v) is 8.18. The summed E-state index contributed by atoms with van der Waals surface area (Å²) in [6.07, 6.45) is 1.24. The van der Waals surface area contributed by atoms with Crippen LogP contribution in [0.15, 0.2) is 0 Å². The van der Waals surface area contributed by atoms with E-state index in [1.807, 2.05) is 11.3 Å². The third-order valence-corrected chi connectivity index (χ3v) is 6.06. The Bertz CT molecular complexity index is 435. The van der Waals surface area contributed by atoms with Crippen molar-refractivity contribution in [2.24, 2.45) is 11.8 Å². The van der Waals surface area contributed by atoms with Gasteiger partial charge in [-0.25, -0.2) is 4.98 Å². The van der Waals surface area contributed by atoms with E-state index in [2.05, 4.69) is 51.8 Å². The van der Waals surface area contributed by atoms with Gasteiger partial charge in [0.1, 0.15) is 5.01 Å². The average Bonchev–Trinajstić information content (AvgIpc) is 2.76. The molecule has 1 aliphatic rings. The fourth-order valence-electron chi connectivity index (χ4n) is 3.10. The molecule has 3 atom stereocenters. The summed E-state index contributed by atoms with van der Waals surface area (Å²) in [5.41, 5.74) is 1.20. The first-order chi connectivity index (χ1) is 9.92. The van der Waals surface area contributed by atoms with Crippen LogP contribution in [0.25, 0.3) is 0 Å². The molecule has 0 bridgehead atoms. The van der Waals surface area contributed by atoms with Gasteiger partial charge < -0.3 is 5.32 Å². The van der Waals surface area contributed by atoms with Gasteiger partial charge in [0, 0.05) is 30.1 Å². The Morgan fingerprint density at radius 2 is 2.05 bits per heavy atom. The first kappa shape index (κ1) is 16.9. The lowest BCUT2D eigenvalue weighted by molar-refractivity contribution is 0.0721. The van der Waals surface area contributed by atoms with Crippen LogP contribution >= 0.6 is 11.3 Å². The molecule has 1 aromatic rings. The number of hydrogen-bond acceptors (Lipinski definition) is 4. The topological polar surface area (TPSA) is 28.2 Å². The summed E-state index contributed by atoms with van der Waals surface area (Å²) in [5, 5.41) is 5.04. The van der Waals surface area contributed by atoms with E-state index in [-0.39, 0.29) is 0 Å². The molecule has 21 heavy (non-hydrogen) atoms. The van der Waals surface area contributed by atoms with E-state index >= 15 is 0 Å². The molecule has 0 aliphatic carbocycles. The Labute approximate surface area is 134 Å². The predicted octanol–water partition coefficient (Wildman–Crippen LogP) is 3.60. The van der Waals surface area contributed by atoms with E-state index in [1.165, 1.54) is 22.0 Å². The quantitative estimate of drug-likeness (QED) is 0.900. The molecule has 120 valence electrons. The SMILES string of the molecule is CCC(C)C1CNC(C(C)C)CN1Cc1nc(C)c(C)s1. The number of nitrogens with one attached hydrogen (secondary N) is 1. The normalized spacial score (nSPS) is 25.5. The lowest BCUT2D eigenvalue weighted by Crippen LogP contribution is -2.59. The number of aromatic nitrogens is 1. The highest BCUT2D eigenvalue weighted by Gasteiger charge is 2.32. The van der Waals surface area contributed by atoms with Crippen molar-refractivity contribution in [2.75, 3.05) is 13.1 Å². The van der Waals surface area contributed by atoms with Crippen molar-refractivity contribution in [1.82, 2.24) is 15.2 Å². The molecule has 1 N–H and O–H groups in total. The van der Waals surface area contributed by atoms with Gasteiger partial charge in [0.15, 0.2) is 0 Å². The fourth-order valence-corrected chi connectivity index (χ4v) is 4.06. The minimum atomic E-state index is 0.604. The van der Waals surface area contributed by atoms with Crippen molar-refractivity contribution in [3.05, 3.63) is 15.6 Å². The van der Waals surface area contributed by atoms with Gasteiger partial charge in [0.05, 0.1) is 12.2 Å². The molecular formula is C17H31N3S. The number of nitrogens with zero attached hydrogens (tertiary/aromatic N) is 2. The summed E-state index contributed by atoms with van der Waals surface area (Å²) in [4.78, 5) is 8.79. The molecule has 2 heterocycles. The standard InChI is InChI=1S/C17H31N3S/c1-7-12(4)16-8-18-15(11(2)3)9-20(16)10-17-19-13(5)14(6)21-17/h11-12,15-16,18H,7-10H2,1-6H3. The summed E-state index contributed by atoms with van der Waals surface area (Å²) < 4.78 is 0. The maximum Gasteiger partial charge on any atom is 0.107 e. The third-order valence-electron chi connectivity index (χ3n) is 5.01. The molecule has 1 aromatic heterocycles. The maximum atomic E-state index is 4.75. The molecule has 0 amide bonds. The molecule has 3 nitrogen and oxygen atoms in total. The summed E-state index contributed by atoms with van der Waals surface area (Å²) in [6.45, 7) is 16.9. The van der Waals surface area contributed by atoms with Gasteiger partial charge in [-0.3, -0.25) is 4.90 Å². The van der Waals surface area contributed by atoms with Gasteiger partial charge >= 0.3 is 0 Å². The van der Waals surface area contributed by atoms with Crippen LogP contribution in [-0.4, -0.2) is 35.1 Å². The molecule has 3 unspecified atom stereocenters. The first-order valence-corrected chi connectivity index (χ1v) is 9.14. The van der Waals surface area contributed by atoms with Crippen LogP contribution in [0.4, 0.5) is 0 Å². The Balaban J connectivity index is 2.12. The second kappa shape index (κ2) is 7.21. The minimum absolute atomic E-state index is 0.604. The first-order valence-electron chi connectivity index (χ1n) is 8.32. The molecule has 0 spiro atoms. The Morgan fingerprint density at radius 3 is 2.57 bits per heavy atom. The van der Waals surface area contributed by atoms with Crippen molar-refractivity contribution in [2.45, 2.75) is 66.6 Å². The van der Waals surface area contributed by atoms with E-state index in [4.69, 9.17) is 4.98 Å². The molecule has 2 rings (SSSR count). The lowest BCUT2D eigenvalue weighted by Gasteiger charge is -2.44. The van der Waals surface area contributed by atoms with Crippen LogP contribution in [0.3, 0.4) is 0 Å². The molecule has 0 aromatic carbocycles. The molecule has 1 fully saturated rings. The van der Waals surface area contributed by atoms with E-state index in [9.17, 15) is 0 Å². The van der Waals surface area contributed by atoms with Crippen molar-refractivity contribution < 1.29 is 0 Å². The summed E-state index contributed by atoms with van der Waals surface area (Å²) >= 11 is 1.87. The zero-order chi connectivity index (χ0) is 15.6. The molecule has 0 radical (unpaired) electrons. The van der Waals surface area contributed by atoms with E-state index in [0.29, 0.717) is 18.0 Å². The van der Waals surface area contributed by atoms with E-state index < -0.39 is 0 Å². The Kier molecular flexibility index (Phi) is 5.81. The lowest BCUT2D eigenvalue weighted by atomic mass is 9.92. The number of thiazole rings is 1. The number of aryl methyl sites for hydroxylation is 2. The van der Waals surface area contributed by atoms with Crippen LogP contribution in [0, 0.1) is 25.7 Å². The summed E-state index contributed by atoms with van der Waals surface area (Å²) in [7, 11) is 0. The number of hydrogen-bond donors (Lipinski definition) is 1. The van der Waals surface area contributed by atoms with Crippen LogP contribution in [-0.2, 0) is 6.54 Å². The van der Waals surface area contributed by atoms with Crippen molar-refractivity contribution in [1.29, 1.82) is 0 Å². The number of rotatable bonds is 5. The van der Waals surface area contributed by atoms with Crippen LogP contribution in [0.5, 0.6) is 0 Å². The second-order valence-electron chi connectivity index (χ2n) is 6.89. The number of piperazine rings is 1. The van der Waals surface area contributed by atoms with Gasteiger partial charge in [0.2, 0.25) is 0 Å². The van der Waals surface area contributed by atoms with E-state index in [1.54, 1.807) is 0 Å². The van der Waals surface area contributed by atoms with Crippen molar-refractivity contribution >= 4 is 11.3 Å². The van der Waals surface area contributed by atoms with Gasteiger partial charge in [-0.15, -0.1) is 11.3 Å². The highest BCUT2D eigenvalue weighted by Crippen LogP contribution is 2.25. The highest BCUT2D eigenvalue weighted by atomic mass is 32.1. The molecule has 1 aliphatic heterocycles. The zero-order valence-corrected chi connectivity index (χ0v) is 15.3. The Morgan fingerprint density at radius 1 is 1.33 bits per heavy atom. The Hall–Kier alpha value is -0.450. The van der Waals surface area contributed by atoms with Crippen molar-refractivity contribution in [3.63, 3.8) is 0 Å². The van der Waals surface area contributed by atoms with Crippen LogP contribution < -0.4 is 5.32 Å². The fraction of sp³-hybridized carbons (Fsp3) is 0.824. The molecule has 1 saturated heterocycles. The smallest absolute Gasteiger partial charge is 0.107 e.